The normalized spacial score (nSPS) is 30.3. The van der Waals surface area contributed by atoms with Crippen LogP contribution in [-0.4, -0.2) is 17.2 Å². The quantitative estimate of drug-likeness (QED) is 0.733. The molecule has 2 N–H and O–H groups in total. The number of thiocarbonyl (C=S) groups is 1. The monoisotopic (exact) mass is 312 g/mol. The molecule has 2 nitrogen and oxygen atoms in total. The van der Waals surface area contributed by atoms with E-state index in [4.69, 9.17) is 12.2 Å². The van der Waals surface area contributed by atoms with Crippen molar-refractivity contribution in [1.29, 1.82) is 0 Å². The molecule has 0 amide bonds. The summed E-state index contributed by atoms with van der Waals surface area (Å²) in [5, 5.41) is 7.82. The van der Waals surface area contributed by atoms with Gasteiger partial charge in [0.1, 0.15) is 0 Å². The summed E-state index contributed by atoms with van der Waals surface area (Å²) in [5.74, 6) is 2.30. The Kier molecular flexibility index (Phi) is 6.96. The van der Waals surface area contributed by atoms with Gasteiger partial charge < -0.3 is 10.6 Å². The third kappa shape index (κ3) is 5.43. The Morgan fingerprint density at radius 3 is 1.90 bits per heavy atom. The van der Waals surface area contributed by atoms with Gasteiger partial charge in [-0.1, -0.05) is 47.5 Å². The summed E-state index contributed by atoms with van der Waals surface area (Å²) in [5.41, 5.74) is 0.419. The fraction of sp³-hybridized carbons (Fsp3) is 0.944. The van der Waals surface area contributed by atoms with Gasteiger partial charge >= 0.3 is 0 Å². The van der Waals surface area contributed by atoms with Gasteiger partial charge in [-0.05, 0) is 62.1 Å². The average molecular weight is 313 g/mol. The number of hydrogen-bond acceptors (Lipinski definition) is 1. The minimum atomic E-state index is 0.399. The predicted octanol–water partition coefficient (Wildman–Crippen LogP) is 4.74. The summed E-state index contributed by atoms with van der Waals surface area (Å²) in [4.78, 5) is 0. The summed E-state index contributed by atoms with van der Waals surface area (Å²) < 4.78 is 0. The molecule has 1 rings (SSSR count). The first-order valence-electron chi connectivity index (χ1n) is 8.76. The molecule has 1 aliphatic rings. The van der Waals surface area contributed by atoms with E-state index in [0.29, 0.717) is 17.5 Å². The first-order chi connectivity index (χ1) is 9.68. The van der Waals surface area contributed by atoms with E-state index in [0.717, 1.165) is 22.9 Å². The van der Waals surface area contributed by atoms with E-state index in [1.54, 1.807) is 0 Å². The Morgan fingerprint density at radius 2 is 1.57 bits per heavy atom. The van der Waals surface area contributed by atoms with E-state index in [-0.39, 0.29) is 0 Å². The molecule has 0 saturated heterocycles. The van der Waals surface area contributed by atoms with E-state index < -0.39 is 0 Å². The maximum absolute atomic E-state index is 5.49. The zero-order chi connectivity index (χ0) is 16.2. The number of rotatable bonds is 4. The second-order valence-electron chi connectivity index (χ2n) is 8.17. The fourth-order valence-electron chi connectivity index (χ4n) is 3.74. The highest BCUT2D eigenvalue weighted by atomic mass is 32.1. The molecule has 0 aliphatic heterocycles. The summed E-state index contributed by atoms with van der Waals surface area (Å²) >= 11 is 5.49. The predicted molar refractivity (Wildman–Crippen MR) is 97.5 cm³/mol. The van der Waals surface area contributed by atoms with E-state index in [9.17, 15) is 0 Å². The molecule has 124 valence electrons. The van der Waals surface area contributed by atoms with Crippen molar-refractivity contribution in [2.75, 3.05) is 0 Å². The first kappa shape index (κ1) is 18.7. The van der Waals surface area contributed by atoms with Crippen LogP contribution in [-0.2, 0) is 0 Å². The minimum absolute atomic E-state index is 0.399. The van der Waals surface area contributed by atoms with Crippen molar-refractivity contribution >= 4 is 17.3 Å². The van der Waals surface area contributed by atoms with Crippen molar-refractivity contribution in [1.82, 2.24) is 10.6 Å². The van der Waals surface area contributed by atoms with Gasteiger partial charge in [-0.15, -0.1) is 0 Å². The molecule has 1 aliphatic carbocycles. The van der Waals surface area contributed by atoms with Crippen LogP contribution in [0.1, 0.15) is 74.1 Å². The molecule has 1 fully saturated rings. The Hall–Kier alpha value is -0.310. The zero-order valence-electron chi connectivity index (χ0n) is 15.1. The lowest BCUT2D eigenvalue weighted by Gasteiger charge is -2.46. The van der Waals surface area contributed by atoms with E-state index >= 15 is 0 Å². The molecule has 21 heavy (non-hydrogen) atoms. The van der Waals surface area contributed by atoms with Gasteiger partial charge in [0.15, 0.2) is 5.11 Å². The molecule has 2 atom stereocenters. The lowest BCUT2D eigenvalue weighted by Crippen LogP contribution is -2.53. The van der Waals surface area contributed by atoms with Crippen LogP contribution in [0.5, 0.6) is 0 Å². The smallest absolute Gasteiger partial charge is 0.166 e. The highest BCUT2D eigenvalue weighted by Gasteiger charge is 2.40. The molecule has 0 aromatic carbocycles. The largest absolute Gasteiger partial charge is 0.361 e. The molecular formula is C18H36N2S. The number of hydrogen-bond donors (Lipinski definition) is 2. The molecule has 0 bridgehead atoms. The highest BCUT2D eigenvalue weighted by Crippen LogP contribution is 2.44. The first-order valence-corrected chi connectivity index (χ1v) is 9.16. The maximum Gasteiger partial charge on any atom is 0.166 e. The zero-order valence-corrected chi connectivity index (χ0v) is 15.9. The fourth-order valence-corrected chi connectivity index (χ4v) is 4.12. The SMILES string of the molecule is CCC1CC(C(C)(C)C)CC(CC)C1NC(=S)NC(C)C. The molecule has 0 aromatic rings. The van der Waals surface area contributed by atoms with E-state index in [1.807, 2.05) is 0 Å². The topological polar surface area (TPSA) is 24.1 Å². The summed E-state index contributed by atoms with van der Waals surface area (Å²) in [6.45, 7) is 16.1. The molecule has 3 heteroatoms. The van der Waals surface area contributed by atoms with Crippen molar-refractivity contribution < 1.29 is 0 Å². The number of nitrogens with one attached hydrogen (secondary N) is 2. The molecule has 0 spiro atoms. The molecule has 0 radical (unpaired) electrons. The van der Waals surface area contributed by atoms with Gasteiger partial charge in [-0.2, -0.15) is 0 Å². The van der Waals surface area contributed by atoms with Crippen molar-refractivity contribution in [3.05, 3.63) is 0 Å². The van der Waals surface area contributed by atoms with Crippen molar-refractivity contribution in [3.8, 4) is 0 Å². The van der Waals surface area contributed by atoms with Crippen molar-refractivity contribution in [2.45, 2.75) is 86.2 Å². The Morgan fingerprint density at radius 1 is 1.10 bits per heavy atom. The van der Waals surface area contributed by atoms with Crippen LogP contribution in [0.25, 0.3) is 0 Å². The molecular weight excluding hydrogens is 276 g/mol. The Labute approximate surface area is 137 Å². The van der Waals surface area contributed by atoms with Crippen LogP contribution >= 0.6 is 12.2 Å². The summed E-state index contributed by atoms with van der Waals surface area (Å²) in [6.07, 6.45) is 5.15. The standard InChI is InChI=1S/C18H36N2S/c1-8-13-10-15(18(5,6)7)11-14(9-2)16(13)20-17(21)19-12(3)4/h12-16H,8-11H2,1-7H3,(H2,19,20,21). The molecule has 0 aromatic heterocycles. The average Bonchev–Trinajstić information content (AvgIpc) is 2.36. The van der Waals surface area contributed by atoms with Gasteiger partial charge in [0.2, 0.25) is 0 Å². The van der Waals surface area contributed by atoms with Gasteiger partial charge in [0.25, 0.3) is 0 Å². The van der Waals surface area contributed by atoms with Crippen LogP contribution in [0.2, 0.25) is 0 Å². The maximum atomic E-state index is 5.49. The second kappa shape index (κ2) is 7.80. The Balaban J connectivity index is 2.79. The molecule has 0 heterocycles. The lowest BCUT2D eigenvalue weighted by molar-refractivity contribution is 0.0717. The van der Waals surface area contributed by atoms with Crippen molar-refractivity contribution in [2.24, 2.45) is 23.2 Å². The molecule has 1 saturated carbocycles. The van der Waals surface area contributed by atoms with E-state index in [1.165, 1.54) is 25.7 Å². The third-order valence-corrected chi connectivity index (χ3v) is 5.42. The summed E-state index contributed by atoms with van der Waals surface area (Å²) in [6, 6.07) is 0.938. The Bertz CT molecular complexity index is 319. The lowest BCUT2D eigenvalue weighted by atomic mass is 9.62. The second-order valence-corrected chi connectivity index (χ2v) is 8.58. The van der Waals surface area contributed by atoms with Crippen LogP contribution in [0.3, 0.4) is 0 Å². The van der Waals surface area contributed by atoms with Crippen LogP contribution < -0.4 is 10.6 Å². The highest BCUT2D eigenvalue weighted by molar-refractivity contribution is 7.80. The third-order valence-electron chi connectivity index (χ3n) is 5.18. The van der Waals surface area contributed by atoms with Crippen LogP contribution in [0, 0.1) is 23.2 Å². The van der Waals surface area contributed by atoms with Crippen molar-refractivity contribution in [3.63, 3.8) is 0 Å². The van der Waals surface area contributed by atoms with Crippen LogP contribution in [0.4, 0.5) is 0 Å². The van der Waals surface area contributed by atoms with Gasteiger partial charge in [-0.25, -0.2) is 0 Å². The van der Waals surface area contributed by atoms with Gasteiger partial charge in [0.05, 0.1) is 0 Å². The summed E-state index contributed by atoms with van der Waals surface area (Å²) in [7, 11) is 0. The van der Waals surface area contributed by atoms with E-state index in [2.05, 4.69) is 59.1 Å². The van der Waals surface area contributed by atoms with Gasteiger partial charge in [0, 0.05) is 12.1 Å². The minimum Gasteiger partial charge on any atom is -0.361 e. The van der Waals surface area contributed by atoms with Gasteiger partial charge in [-0.3, -0.25) is 0 Å². The molecule has 2 unspecified atom stereocenters. The van der Waals surface area contributed by atoms with Crippen LogP contribution in [0.15, 0.2) is 0 Å².